The van der Waals surface area contributed by atoms with Gasteiger partial charge < -0.3 is 4.74 Å². The maximum Gasteiger partial charge on any atom is 0.310 e. The Morgan fingerprint density at radius 3 is 3.00 bits per heavy atom. The Hall–Kier alpha value is -1.55. The fraction of sp³-hybridized carbons (Fsp3) is 0.412. The number of hydrogen-bond acceptors (Lipinski definition) is 4. The lowest BCUT2D eigenvalue weighted by molar-refractivity contribution is -0.153. The molecule has 4 heteroatoms. The van der Waals surface area contributed by atoms with Gasteiger partial charge in [-0.3, -0.25) is 9.59 Å². The molecule has 2 bridgehead atoms. The smallest absolute Gasteiger partial charge is 0.310 e. The third-order valence-corrected chi connectivity index (χ3v) is 6.13. The van der Waals surface area contributed by atoms with Gasteiger partial charge in [-0.1, -0.05) is 42.1 Å². The first-order valence-corrected chi connectivity index (χ1v) is 8.18. The SMILES string of the molecule is CCOC(=O)[C@H]1[C@@H]2C=C[C@@H](C2)[C@]12C(=O)Sc1ccccc12. The summed E-state index contributed by atoms with van der Waals surface area (Å²) >= 11 is 1.29. The Morgan fingerprint density at radius 2 is 2.19 bits per heavy atom. The van der Waals surface area contributed by atoms with E-state index in [4.69, 9.17) is 4.74 Å². The minimum Gasteiger partial charge on any atom is -0.466 e. The minimum atomic E-state index is -0.701. The van der Waals surface area contributed by atoms with Gasteiger partial charge in [0, 0.05) is 4.90 Å². The summed E-state index contributed by atoms with van der Waals surface area (Å²) in [7, 11) is 0. The molecule has 1 aromatic carbocycles. The van der Waals surface area contributed by atoms with Gasteiger partial charge >= 0.3 is 5.97 Å². The lowest BCUT2D eigenvalue weighted by atomic mass is 9.65. The molecule has 1 saturated carbocycles. The maximum atomic E-state index is 12.9. The molecule has 4 rings (SSSR count). The second-order valence-electron chi connectivity index (χ2n) is 5.88. The number of thioether (sulfide) groups is 1. The highest BCUT2D eigenvalue weighted by Gasteiger charge is 2.67. The van der Waals surface area contributed by atoms with Crippen molar-refractivity contribution >= 4 is 22.8 Å². The number of esters is 1. The maximum absolute atomic E-state index is 12.9. The highest BCUT2D eigenvalue weighted by atomic mass is 32.2. The van der Waals surface area contributed by atoms with E-state index in [-0.39, 0.29) is 28.8 Å². The van der Waals surface area contributed by atoms with Crippen LogP contribution in [-0.4, -0.2) is 17.7 Å². The van der Waals surface area contributed by atoms with Crippen molar-refractivity contribution in [3.63, 3.8) is 0 Å². The molecule has 108 valence electrons. The Labute approximate surface area is 127 Å². The van der Waals surface area contributed by atoms with Gasteiger partial charge in [0.2, 0.25) is 5.12 Å². The van der Waals surface area contributed by atoms with Crippen molar-refractivity contribution in [1.29, 1.82) is 0 Å². The summed E-state index contributed by atoms with van der Waals surface area (Å²) in [6.45, 7) is 2.17. The number of ether oxygens (including phenoxy) is 1. The quantitative estimate of drug-likeness (QED) is 0.622. The summed E-state index contributed by atoms with van der Waals surface area (Å²) in [5.41, 5.74) is 0.322. The van der Waals surface area contributed by atoms with E-state index in [0.29, 0.717) is 6.61 Å². The Kier molecular flexibility index (Phi) is 2.80. The molecular weight excluding hydrogens is 284 g/mol. The molecule has 0 N–H and O–H groups in total. The minimum absolute atomic E-state index is 0.110. The number of fused-ring (bicyclic) bond motifs is 5. The first-order chi connectivity index (χ1) is 10.2. The molecule has 0 radical (unpaired) electrons. The molecule has 0 unspecified atom stereocenters. The monoisotopic (exact) mass is 300 g/mol. The van der Waals surface area contributed by atoms with Crippen LogP contribution in [-0.2, 0) is 19.7 Å². The lowest BCUT2D eigenvalue weighted by Crippen LogP contribution is -2.46. The van der Waals surface area contributed by atoms with Crippen molar-refractivity contribution in [2.45, 2.75) is 23.7 Å². The number of allylic oxidation sites excluding steroid dienone is 2. The van der Waals surface area contributed by atoms with E-state index in [0.717, 1.165) is 16.9 Å². The van der Waals surface area contributed by atoms with Crippen LogP contribution in [0.3, 0.4) is 0 Å². The molecule has 0 aromatic heterocycles. The van der Waals surface area contributed by atoms with E-state index in [1.807, 2.05) is 31.2 Å². The van der Waals surface area contributed by atoms with E-state index >= 15 is 0 Å². The summed E-state index contributed by atoms with van der Waals surface area (Å²) in [5, 5.41) is 0.110. The van der Waals surface area contributed by atoms with Gasteiger partial charge in [-0.2, -0.15) is 0 Å². The van der Waals surface area contributed by atoms with Gasteiger partial charge in [0.1, 0.15) is 0 Å². The molecule has 21 heavy (non-hydrogen) atoms. The molecule has 4 atom stereocenters. The van der Waals surface area contributed by atoms with Crippen LogP contribution in [0.1, 0.15) is 18.9 Å². The third kappa shape index (κ3) is 1.51. The normalized spacial score (nSPS) is 35.5. The molecule has 1 aliphatic heterocycles. The number of carbonyl (C=O) groups is 2. The van der Waals surface area contributed by atoms with E-state index in [1.165, 1.54) is 11.8 Å². The highest BCUT2D eigenvalue weighted by Crippen LogP contribution is 2.64. The van der Waals surface area contributed by atoms with E-state index < -0.39 is 5.41 Å². The van der Waals surface area contributed by atoms with Gasteiger partial charge in [-0.05, 0) is 36.8 Å². The molecule has 0 amide bonds. The van der Waals surface area contributed by atoms with Gasteiger partial charge in [-0.15, -0.1) is 0 Å². The summed E-state index contributed by atoms with van der Waals surface area (Å²) in [6, 6.07) is 7.89. The second kappa shape index (κ2) is 4.47. The van der Waals surface area contributed by atoms with Crippen molar-refractivity contribution in [2.75, 3.05) is 6.61 Å². The van der Waals surface area contributed by atoms with Crippen LogP contribution in [0.5, 0.6) is 0 Å². The average molecular weight is 300 g/mol. The topological polar surface area (TPSA) is 43.4 Å². The summed E-state index contributed by atoms with van der Waals surface area (Å²) in [6.07, 6.45) is 5.10. The van der Waals surface area contributed by atoms with E-state index in [9.17, 15) is 9.59 Å². The molecule has 2 aliphatic carbocycles. The second-order valence-corrected chi connectivity index (χ2v) is 6.89. The van der Waals surface area contributed by atoms with Crippen molar-refractivity contribution < 1.29 is 14.3 Å². The molecular formula is C17H16O3S. The summed E-state index contributed by atoms with van der Waals surface area (Å²) in [5.74, 6) is -0.332. The predicted octanol–water partition coefficient (Wildman–Crippen LogP) is 2.94. The molecule has 3 nitrogen and oxygen atoms in total. The van der Waals surface area contributed by atoms with Crippen molar-refractivity contribution in [3.05, 3.63) is 42.0 Å². The van der Waals surface area contributed by atoms with Crippen LogP contribution in [0.15, 0.2) is 41.3 Å². The van der Waals surface area contributed by atoms with Gasteiger partial charge in [0.15, 0.2) is 0 Å². The van der Waals surface area contributed by atoms with Gasteiger partial charge in [-0.25, -0.2) is 0 Å². The third-order valence-electron chi connectivity index (χ3n) is 5.03. The molecule has 1 heterocycles. The van der Waals surface area contributed by atoms with Crippen molar-refractivity contribution in [1.82, 2.24) is 0 Å². The van der Waals surface area contributed by atoms with Crippen LogP contribution < -0.4 is 0 Å². The van der Waals surface area contributed by atoms with Crippen LogP contribution in [0.25, 0.3) is 0 Å². The number of hydrogen-bond donors (Lipinski definition) is 0. The first kappa shape index (κ1) is 13.1. The van der Waals surface area contributed by atoms with Crippen LogP contribution in [0, 0.1) is 17.8 Å². The standard InChI is InChI=1S/C17H16O3S/c1-2-20-15(18)14-10-7-8-11(9-10)17(14)12-5-3-4-6-13(12)21-16(17)19/h3-8,10-11,14H,2,9H2,1H3/t10-,11+,14-,17-/m1/s1. The van der Waals surface area contributed by atoms with Crippen LogP contribution in [0.2, 0.25) is 0 Å². The summed E-state index contributed by atoms with van der Waals surface area (Å²) in [4.78, 5) is 26.4. The average Bonchev–Trinajstić information content (AvgIpc) is 3.13. The predicted molar refractivity (Wildman–Crippen MR) is 79.8 cm³/mol. The molecule has 0 saturated heterocycles. The fourth-order valence-corrected chi connectivity index (χ4v) is 5.56. The molecule has 1 aromatic rings. The van der Waals surface area contributed by atoms with Crippen molar-refractivity contribution in [3.8, 4) is 0 Å². The fourth-order valence-electron chi connectivity index (χ4n) is 4.31. The zero-order valence-corrected chi connectivity index (χ0v) is 12.6. The zero-order chi connectivity index (χ0) is 14.6. The molecule has 3 aliphatic rings. The lowest BCUT2D eigenvalue weighted by Gasteiger charge is -2.35. The Balaban J connectivity index is 1.90. The van der Waals surface area contributed by atoms with E-state index in [2.05, 4.69) is 12.2 Å². The van der Waals surface area contributed by atoms with E-state index in [1.54, 1.807) is 0 Å². The zero-order valence-electron chi connectivity index (χ0n) is 11.7. The number of rotatable bonds is 2. The van der Waals surface area contributed by atoms with Crippen LogP contribution in [0.4, 0.5) is 0 Å². The number of carbonyl (C=O) groups excluding carboxylic acids is 2. The molecule has 1 spiro atoms. The Bertz CT molecular complexity index is 666. The van der Waals surface area contributed by atoms with Crippen LogP contribution >= 0.6 is 11.8 Å². The highest BCUT2D eigenvalue weighted by molar-refractivity contribution is 8.14. The Morgan fingerprint density at radius 1 is 1.38 bits per heavy atom. The summed E-state index contributed by atoms with van der Waals surface area (Å²) < 4.78 is 5.29. The first-order valence-electron chi connectivity index (χ1n) is 7.36. The van der Waals surface area contributed by atoms with Gasteiger partial charge in [0.05, 0.1) is 17.9 Å². The van der Waals surface area contributed by atoms with Crippen molar-refractivity contribution in [2.24, 2.45) is 17.8 Å². The largest absolute Gasteiger partial charge is 0.466 e. The molecule has 1 fully saturated rings. The number of benzene rings is 1. The van der Waals surface area contributed by atoms with Gasteiger partial charge in [0.25, 0.3) is 0 Å².